The second kappa shape index (κ2) is 11.3. The van der Waals surface area contributed by atoms with Gasteiger partial charge in [0.1, 0.15) is 16.8 Å². The number of alkyl carbamates (subject to hydrolysis) is 1. The fourth-order valence-corrected chi connectivity index (χ4v) is 4.71. The van der Waals surface area contributed by atoms with Crippen molar-refractivity contribution in [1.82, 2.24) is 20.5 Å². The van der Waals surface area contributed by atoms with E-state index >= 15 is 0 Å². The SMILES string of the molecule is CC(C)(C)OC(=O)N[C@@H]1CC[C@@H](Cc2[nH]ncc2NC(=O)c2nc(Br)sc2NC(=O)O)OC[C@@H]1F. The summed E-state index contributed by atoms with van der Waals surface area (Å²) < 4.78 is 25.8. The summed E-state index contributed by atoms with van der Waals surface area (Å²) in [6.45, 7) is 4.97. The molecule has 3 heterocycles. The molecule has 12 nitrogen and oxygen atoms in total. The lowest BCUT2D eigenvalue weighted by Gasteiger charge is -2.24. The van der Waals surface area contributed by atoms with E-state index in [9.17, 15) is 18.8 Å². The number of H-pyrrole nitrogens is 1. The molecule has 0 bridgehead atoms. The smallest absolute Gasteiger partial charge is 0.409 e. The third-order valence-electron chi connectivity index (χ3n) is 4.86. The Bertz CT molecular complexity index is 1070. The van der Waals surface area contributed by atoms with E-state index in [1.54, 1.807) is 20.8 Å². The number of alkyl halides is 1. The van der Waals surface area contributed by atoms with E-state index in [4.69, 9.17) is 14.6 Å². The summed E-state index contributed by atoms with van der Waals surface area (Å²) in [5.41, 5.74) is 0.103. The highest BCUT2D eigenvalue weighted by Crippen LogP contribution is 2.30. The lowest BCUT2D eigenvalue weighted by atomic mass is 10.0. The molecule has 1 fully saturated rings. The van der Waals surface area contributed by atoms with Crippen LogP contribution in [-0.2, 0) is 15.9 Å². The van der Waals surface area contributed by atoms with E-state index in [1.165, 1.54) is 6.20 Å². The maximum atomic E-state index is 14.6. The van der Waals surface area contributed by atoms with Crippen molar-refractivity contribution >= 4 is 56.0 Å². The second-order valence-electron chi connectivity index (χ2n) is 8.80. The second-order valence-corrected chi connectivity index (χ2v) is 11.1. The van der Waals surface area contributed by atoms with Gasteiger partial charge in [0.15, 0.2) is 9.61 Å². The molecule has 3 rings (SSSR count). The maximum Gasteiger partial charge on any atom is 0.409 e. The molecular formula is C20H26BrFN6O6S. The molecule has 5 N–H and O–H groups in total. The van der Waals surface area contributed by atoms with E-state index < -0.39 is 42.0 Å². The Morgan fingerprint density at radius 2 is 2.09 bits per heavy atom. The number of carbonyl (C=O) groups is 3. The van der Waals surface area contributed by atoms with E-state index in [-0.39, 0.29) is 17.3 Å². The predicted octanol–water partition coefficient (Wildman–Crippen LogP) is 3.92. The number of halogens is 2. The topological polar surface area (TPSA) is 168 Å². The lowest BCUT2D eigenvalue weighted by molar-refractivity contribution is 0.0242. The van der Waals surface area contributed by atoms with Gasteiger partial charge in [-0.3, -0.25) is 15.2 Å². The first kappa shape index (κ1) is 26.8. The van der Waals surface area contributed by atoms with Crippen molar-refractivity contribution < 1.29 is 33.4 Å². The number of hydrogen-bond donors (Lipinski definition) is 5. The largest absolute Gasteiger partial charge is 0.465 e. The first-order valence-electron chi connectivity index (χ1n) is 10.7. The monoisotopic (exact) mass is 576 g/mol. The van der Waals surface area contributed by atoms with Crippen molar-refractivity contribution in [3.05, 3.63) is 21.5 Å². The zero-order valence-electron chi connectivity index (χ0n) is 19.2. The molecule has 0 saturated carbocycles. The number of ether oxygens (including phenoxy) is 2. The first-order valence-corrected chi connectivity index (χ1v) is 12.3. The zero-order chi connectivity index (χ0) is 25.8. The molecule has 1 aliphatic rings. The van der Waals surface area contributed by atoms with E-state index in [2.05, 4.69) is 47.1 Å². The van der Waals surface area contributed by atoms with Crippen LogP contribution in [0.5, 0.6) is 0 Å². The third kappa shape index (κ3) is 7.86. The average molecular weight is 577 g/mol. The molecule has 15 heteroatoms. The van der Waals surface area contributed by atoms with Crippen molar-refractivity contribution in [2.45, 2.75) is 64.0 Å². The number of thiazole rings is 1. The number of aromatic nitrogens is 3. The normalized spacial score (nSPS) is 20.5. The first-order chi connectivity index (χ1) is 16.4. The third-order valence-corrected chi connectivity index (χ3v) is 6.29. The van der Waals surface area contributed by atoms with Crippen LogP contribution in [0.3, 0.4) is 0 Å². The number of rotatable bonds is 6. The molecule has 0 unspecified atom stereocenters. The van der Waals surface area contributed by atoms with Crippen molar-refractivity contribution in [1.29, 1.82) is 0 Å². The van der Waals surface area contributed by atoms with Crippen LogP contribution >= 0.6 is 27.3 Å². The highest BCUT2D eigenvalue weighted by Gasteiger charge is 2.31. The summed E-state index contributed by atoms with van der Waals surface area (Å²) >= 11 is 4.10. The lowest BCUT2D eigenvalue weighted by Crippen LogP contribution is -2.44. The van der Waals surface area contributed by atoms with Gasteiger partial charge in [0, 0.05) is 6.42 Å². The Balaban J connectivity index is 1.61. The van der Waals surface area contributed by atoms with Gasteiger partial charge in [-0.15, -0.1) is 0 Å². The summed E-state index contributed by atoms with van der Waals surface area (Å²) in [5.74, 6) is -0.634. The summed E-state index contributed by atoms with van der Waals surface area (Å²) in [6.07, 6.45) is -1.34. The highest BCUT2D eigenvalue weighted by atomic mass is 79.9. The fraction of sp³-hybridized carbons (Fsp3) is 0.550. The molecular weight excluding hydrogens is 551 g/mol. The Morgan fingerprint density at radius 1 is 1.34 bits per heavy atom. The van der Waals surface area contributed by atoms with Crippen LogP contribution in [0.15, 0.2) is 10.1 Å². The minimum atomic E-state index is -1.41. The van der Waals surface area contributed by atoms with E-state index in [0.29, 0.717) is 34.6 Å². The summed E-state index contributed by atoms with van der Waals surface area (Å²) in [5, 5.41) is 23.1. The molecule has 1 saturated heterocycles. The quantitative estimate of drug-likeness (QED) is 0.344. The van der Waals surface area contributed by atoms with Crippen LogP contribution in [-0.4, -0.2) is 68.9 Å². The Morgan fingerprint density at radius 3 is 2.77 bits per heavy atom. The number of aromatic amines is 1. The van der Waals surface area contributed by atoms with Crippen LogP contribution in [0.2, 0.25) is 0 Å². The molecule has 2 aromatic heterocycles. The van der Waals surface area contributed by atoms with Gasteiger partial charge in [-0.25, -0.2) is 19.0 Å². The number of hydrogen-bond acceptors (Lipinski definition) is 8. The van der Waals surface area contributed by atoms with Crippen molar-refractivity contribution in [3.63, 3.8) is 0 Å². The van der Waals surface area contributed by atoms with Gasteiger partial charge in [-0.1, -0.05) is 11.3 Å². The van der Waals surface area contributed by atoms with Gasteiger partial charge < -0.3 is 25.2 Å². The Hall–Kier alpha value is -2.78. The minimum Gasteiger partial charge on any atom is -0.465 e. The van der Waals surface area contributed by atoms with Crippen LogP contribution in [0.1, 0.15) is 49.8 Å². The summed E-state index contributed by atoms with van der Waals surface area (Å²) in [4.78, 5) is 39.7. The minimum absolute atomic E-state index is 0.0662. The molecule has 2 aromatic rings. The molecule has 1 aliphatic heterocycles. The summed E-state index contributed by atoms with van der Waals surface area (Å²) in [6, 6.07) is -0.751. The van der Waals surface area contributed by atoms with Gasteiger partial charge in [0.25, 0.3) is 5.91 Å². The number of amides is 3. The van der Waals surface area contributed by atoms with Gasteiger partial charge in [-0.2, -0.15) is 5.10 Å². The van der Waals surface area contributed by atoms with Crippen molar-refractivity contribution in [2.24, 2.45) is 0 Å². The van der Waals surface area contributed by atoms with Gasteiger partial charge in [0.2, 0.25) is 0 Å². The molecule has 0 spiro atoms. The highest BCUT2D eigenvalue weighted by molar-refractivity contribution is 9.11. The molecule has 3 amide bonds. The van der Waals surface area contributed by atoms with Crippen LogP contribution < -0.4 is 16.0 Å². The van der Waals surface area contributed by atoms with E-state index in [0.717, 1.165) is 11.3 Å². The molecule has 0 aromatic carbocycles. The van der Waals surface area contributed by atoms with Crippen molar-refractivity contribution in [3.8, 4) is 0 Å². The predicted molar refractivity (Wildman–Crippen MR) is 129 cm³/mol. The molecule has 0 radical (unpaired) electrons. The number of nitrogens with zero attached hydrogens (tertiary/aromatic N) is 2. The maximum absolute atomic E-state index is 14.6. The Labute approximate surface area is 212 Å². The molecule has 0 aliphatic carbocycles. The van der Waals surface area contributed by atoms with Crippen LogP contribution in [0.4, 0.5) is 24.7 Å². The van der Waals surface area contributed by atoms with Gasteiger partial charge in [0.05, 0.1) is 36.3 Å². The molecule has 192 valence electrons. The number of nitrogens with one attached hydrogen (secondary N) is 4. The average Bonchev–Trinajstić information content (AvgIpc) is 3.27. The molecule has 35 heavy (non-hydrogen) atoms. The Kier molecular flexibility index (Phi) is 8.66. The molecule has 3 atom stereocenters. The van der Waals surface area contributed by atoms with Crippen LogP contribution in [0, 0.1) is 0 Å². The fourth-order valence-electron chi connectivity index (χ4n) is 3.37. The van der Waals surface area contributed by atoms with Gasteiger partial charge >= 0.3 is 12.2 Å². The number of carboxylic acid groups (broad SMARTS) is 1. The van der Waals surface area contributed by atoms with E-state index in [1.807, 2.05) is 0 Å². The van der Waals surface area contributed by atoms with Crippen molar-refractivity contribution in [2.75, 3.05) is 17.2 Å². The number of anilines is 2. The van der Waals surface area contributed by atoms with Crippen LogP contribution in [0.25, 0.3) is 0 Å². The zero-order valence-corrected chi connectivity index (χ0v) is 21.6. The number of carbonyl (C=O) groups excluding carboxylic acids is 2. The van der Waals surface area contributed by atoms with Gasteiger partial charge in [-0.05, 0) is 49.5 Å². The summed E-state index contributed by atoms with van der Waals surface area (Å²) in [7, 11) is 0. The standard InChI is InChI=1S/C20H26BrFN6O6S/c1-20(2,3)34-19(32)25-11-5-4-9(33-8-10(11)22)6-12-13(7-23-28-12)24-15(29)14-16(27-18(30)31)35-17(21)26-14/h7,9-11,27H,4-6,8H2,1-3H3,(H,23,28)(H,24,29)(H,25,32)(H,30,31)/t9-,10-,11+/m0/s1.